The van der Waals surface area contributed by atoms with Gasteiger partial charge in [0.05, 0.1) is 27.8 Å². The lowest BCUT2D eigenvalue weighted by Crippen LogP contribution is -2.11. The molecular formula is C48H32N2O. The molecule has 10 aromatic rings. The number of rotatable bonds is 6. The van der Waals surface area contributed by atoms with Crippen LogP contribution in [0.25, 0.3) is 71.7 Å². The first-order valence-electron chi connectivity index (χ1n) is 17.4. The highest BCUT2D eigenvalue weighted by atomic mass is 16.3. The molecular weight excluding hydrogens is 621 g/mol. The van der Waals surface area contributed by atoms with Crippen molar-refractivity contribution in [2.24, 2.45) is 0 Å². The molecule has 3 nitrogen and oxygen atoms in total. The summed E-state index contributed by atoms with van der Waals surface area (Å²) in [6.45, 7) is 0. The van der Waals surface area contributed by atoms with Gasteiger partial charge in [-0.15, -0.1) is 0 Å². The molecule has 2 aromatic heterocycles. The third-order valence-electron chi connectivity index (χ3n) is 10.00. The van der Waals surface area contributed by atoms with Crippen molar-refractivity contribution in [3.05, 3.63) is 194 Å². The number of para-hydroxylation sites is 4. The highest BCUT2D eigenvalue weighted by Crippen LogP contribution is 2.46. The van der Waals surface area contributed by atoms with Crippen molar-refractivity contribution in [2.45, 2.75) is 0 Å². The Labute approximate surface area is 295 Å². The first-order chi connectivity index (χ1) is 25.3. The predicted molar refractivity (Wildman–Crippen MR) is 214 cm³/mol. The van der Waals surface area contributed by atoms with E-state index in [1.54, 1.807) is 0 Å². The largest absolute Gasteiger partial charge is 0.456 e. The predicted octanol–water partition coefficient (Wildman–Crippen LogP) is 13.5. The van der Waals surface area contributed by atoms with E-state index < -0.39 is 0 Å². The van der Waals surface area contributed by atoms with E-state index in [1.165, 1.54) is 38.5 Å². The van der Waals surface area contributed by atoms with E-state index in [9.17, 15) is 0 Å². The van der Waals surface area contributed by atoms with E-state index in [2.05, 4.69) is 191 Å². The lowest BCUT2D eigenvalue weighted by atomic mass is 9.99. The number of aromatic nitrogens is 1. The van der Waals surface area contributed by atoms with Crippen LogP contribution in [0.5, 0.6) is 0 Å². The molecule has 0 amide bonds. The zero-order valence-electron chi connectivity index (χ0n) is 27.8. The van der Waals surface area contributed by atoms with Gasteiger partial charge < -0.3 is 13.9 Å². The zero-order chi connectivity index (χ0) is 33.7. The van der Waals surface area contributed by atoms with E-state index in [4.69, 9.17) is 4.42 Å². The van der Waals surface area contributed by atoms with Crippen LogP contribution in [-0.2, 0) is 0 Å². The smallest absolute Gasteiger partial charge is 0.137 e. The van der Waals surface area contributed by atoms with Crippen LogP contribution in [0.4, 0.5) is 17.1 Å². The van der Waals surface area contributed by atoms with Crippen molar-refractivity contribution in [1.82, 2.24) is 4.57 Å². The standard InChI is InChI=1S/C48H32N2O/c1-3-14-34(15-4-1)38-18-7-10-21-42(38)50(45-23-13-25-47-48(45)40-20-9-12-24-46(40)51-47)37-29-26-33(27-30-37)35-28-31-44-41(32-35)39-19-8-11-22-43(39)49(44)36-16-5-2-6-17-36/h1-32H. The van der Waals surface area contributed by atoms with Crippen LogP contribution in [-0.4, -0.2) is 4.57 Å². The summed E-state index contributed by atoms with van der Waals surface area (Å²) >= 11 is 0. The first kappa shape index (κ1) is 29.1. The van der Waals surface area contributed by atoms with Crippen molar-refractivity contribution in [3.8, 4) is 27.9 Å². The van der Waals surface area contributed by atoms with Crippen LogP contribution >= 0.6 is 0 Å². The number of fused-ring (bicyclic) bond motifs is 6. The molecule has 0 spiro atoms. The number of benzene rings is 8. The lowest BCUT2D eigenvalue weighted by molar-refractivity contribution is 0.669. The Morgan fingerprint density at radius 2 is 1.02 bits per heavy atom. The lowest BCUT2D eigenvalue weighted by Gasteiger charge is -2.28. The van der Waals surface area contributed by atoms with Crippen molar-refractivity contribution in [3.63, 3.8) is 0 Å². The molecule has 0 N–H and O–H groups in total. The Kier molecular flexibility index (Phi) is 6.81. The SMILES string of the molecule is c1ccc(-c2ccccc2N(c2ccc(-c3ccc4c(c3)c3ccccc3n4-c3ccccc3)cc2)c2cccc3oc4ccccc4c23)cc1. The van der Waals surface area contributed by atoms with Crippen LogP contribution < -0.4 is 4.90 Å². The highest BCUT2D eigenvalue weighted by molar-refractivity contribution is 6.14. The Balaban J connectivity index is 1.14. The molecule has 0 aliphatic rings. The maximum Gasteiger partial charge on any atom is 0.137 e. The normalized spacial score (nSPS) is 11.5. The molecule has 0 bridgehead atoms. The van der Waals surface area contributed by atoms with Crippen molar-refractivity contribution in [1.29, 1.82) is 0 Å². The van der Waals surface area contributed by atoms with Crippen molar-refractivity contribution in [2.75, 3.05) is 4.90 Å². The van der Waals surface area contributed by atoms with Gasteiger partial charge in [-0.1, -0.05) is 127 Å². The summed E-state index contributed by atoms with van der Waals surface area (Å²) in [7, 11) is 0. The van der Waals surface area contributed by atoms with E-state index in [0.29, 0.717) is 0 Å². The van der Waals surface area contributed by atoms with Crippen molar-refractivity contribution < 1.29 is 4.42 Å². The van der Waals surface area contributed by atoms with Crippen LogP contribution in [0, 0.1) is 0 Å². The summed E-state index contributed by atoms with van der Waals surface area (Å²) in [6.07, 6.45) is 0. The molecule has 0 fully saturated rings. The van der Waals surface area contributed by atoms with E-state index >= 15 is 0 Å². The Hall–Kier alpha value is -6.84. The van der Waals surface area contributed by atoms with E-state index in [0.717, 1.165) is 50.3 Å². The van der Waals surface area contributed by atoms with Crippen LogP contribution in [0.3, 0.4) is 0 Å². The molecule has 0 aliphatic carbocycles. The molecule has 51 heavy (non-hydrogen) atoms. The molecule has 0 unspecified atom stereocenters. The summed E-state index contributed by atoms with van der Waals surface area (Å²) in [6, 6.07) is 69.1. The van der Waals surface area contributed by atoms with Gasteiger partial charge in [-0.3, -0.25) is 0 Å². The van der Waals surface area contributed by atoms with Crippen LogP contribution in [0.15, 0.2) is 199 Å². The molecule has 0 aliphatic heterocycles. The topological polar surface area (TPSA) is 21.3 Å². The van der Waals surface area contributed by atoms with Crippen LogP contribution in [0.1, 0.15) is 0 Å². The number of hydrogen-bond donors (Lipinski definition) is 0. The van der Waals surface area contributed by atoms with Gasteiger partial charge in [-0.2, -0.15) is 0 Å². The van der Waals surface area contributed by atoms with Gasteiger partial charge in [0.15, 0.2) is 0 Å². The zero-order valence-corrected chi connectivity index (χ0v) is 27.8. The molecule has 2 heterocycles. The second kappa shape index (κ2) is 11.9. The van der Waals surface area contributed by atoms with Gasteiger partial charge in [0.25, 0.3) is 0 Å². The molecule has 8 aromatic carbocycles. The third-order valence-corrected chi connectivity index (χ3v) is 10.00. The minimum Gasteiger partial charge on any atom is -0.456 e. The third kappa shape index (κ3) is 4.82. The van der Waals surface area contributed by atoms with Crippen LogP contribution in [0.2, 0.25) is 0 Å². The highest BCUT2D eigenvalue weighted by Gasteiger charge is 2.22. The maximum absolute atomic E-state index is 6.37. The van der Waals surface area contributed by atoms with E-state index in [1.807, 2.05) is 12.1 Å². The minimum atomic E-state index is 0.871. The number of hydrogen-bond acceptors (Lipinski definition) is 2. The monoisotopic (exact) mass is 652 g/mol. The number of furan rings is 1. The summed E-state index contributed by atoms with van der Waals surface area (Å²) in [5.41, 5.74) is 13.3. The average Bonchev–Trinajstić information content (AvgIpc) is 3.75. The van der Waals surface area contributed by atoms with Gasteiger partial charge in [-0.05, 0) is 83.4 Å². The maximum atomic E-state index is 6.37. The van der Waals surface area contributed by atoms with Gasteiger partial charge in [0.2, 0.25) is 0 Å². The van der Waals surface area contributed by atoms with E-state index in [-0.39, 0.29) is 0 Å². The average molecular weight is 653 g/mol. The molecule has 3 heteroatoms. The first-order valence-corrected chi connectivity index (χ1v) is 17.4. The molecule has 0 saturated carbocycles. The van der Waals surface area contributed by atoms with Gasteiger partial charge in [0, 0.05) is 33.1 Å². The fraction of sp³-hybridized carbons (Fsp3) is 0. The molecule has 0 saturated heterocycles. The summed E-state index contributed by atoms with van der Waals surface area (Å²) in [5.74, 6) is 0. The fourth-order valence-electron chi connectivity index (χ4n) is 7.69. The fourth-order valence-corrected chi connectivity index (χ4v) is 7.69. The molecule has 10 rings (SSSR count). The number of nitrogens with zero attached hydrogens (tertiary/aromatic N) is 2. The van der Waals surface area contributed by atoms with Gasteiger partial charge in [0.1, 0.15) is 11.2 Å². The number of anilines is 3. The molecule has 0 atom stereocenters. The second-order valence-corrected chi connectivity index (χ2v) is 12.9. The van der Waals surface area contributed by atoms with Crippen molar-refractivity contribution >= 4 is 60.8 Å². The summed E-state index contributed by atoms with van der Waals surface area (Å²) in [5, 5.41) is 4.69. The second-order valence-electron chi connectivity index (χ2n) is 12.9. The Morgan fingerprint density at radius 3 is 1.86 bits per heavy atom. The minimum absolute atomic E-state index is 0.871. The summed E-state index contributed by atoms with van der Waals surface area (Å²) in [4.78, 5) is 2.38. The Morgan fingerprint density at radius 1 is 0.392 bits per heavy atom. The quantitative estimate of drug-likeness (QED) is 0.178. The molecule has 0 radical (unpaired) electrons. The van der Waals surface area contributed by atoms with Gasteiger partial charge >= 0.3 is 0 Å². The Bertz CT molecular complexity index is 2850. The molecule has 240 valence electrons. The summed E-state index contributed by atoms with van der Waals surface area (Å²) < 4.78 is 8.73. The van der Waals surface area contributed by atoms with Gasteiger partial charge in [-0.25, -0.2) is 0 Å².